The van der Waals surface area contributed by atoms with Crippen LogP contribution in [-0.4, -0.2) is 22.0 Å². The van der Waals surface area contributed by atoms with Crippen LogP contribution in [0.25, 0.3) is 0 Å². The van der Waals surface area contributed by atoms with Crippen molar-refractivity contribution in [3.8, 4) is 0 Å². The van der Waals surface area contributed by atoms with E-state index in [1.807, 2.05) is 19.9 Å². The Balaban J connectivity index is 2.30. The van der Waals surface area contributed by atoms with Crippen molar-refractivity contribution in [1.29, 1.82) is 0 Å². The molecule has 2 N–H and O–H groups in total. The Bertz CT molecular complexity index is 711. The number of benzene rings is 1. The van der Waals surface area contributed by atoms with Crippen LogP contribution in [0, 0.1) is 6.92 Å². The molecule has 0 atom stereocenters. The monoisotopic (exact) mass is 298 g/mol. The van der Waals surface area contributed by atoms with Crippen LogP contribution in [0.3, 0.4) is 0 Å². The maximum Gasteiger partial charge on any atom is 0.336 e. The second kappa shape index (κ2) is 6.85. The number of hydrogen-bond donors (Lipinski definition) is 2. The second-order valence-electron chi connectivity index (χ2n) is 5.05. The van der Waals surface area contributed by atoms with Crippen LogP contribution in [0.2, 0.25) is 0 Å². The zero-order chi connectivity index (χ0) is 16.1. The van der Waals surface area contributed by atoms with E-state index in [1.165, 1.54) is 0 Å². The zero-order valence-corrected chi connectivity index (χ0v) is 12.6. The first-order valence-electron chi connectivity index (χ1n) is 7.12. The van der Waals surface area contributed by atoms with Crippen LogP contribution in [0.4, 0.5) is 5.82 Å². The smallest absolute Gasteiger partial charge is 0.336 e. The average Bonchev–Trinajstić information content (AvgIpc) is 2.47. The summed E-state index contributed by atoms with van der Waals surface area (Å²) in [7, 11) is 0. The summed E-state index contributed by atoms with van der Waals surface area (Å²) in [6.07, 6.45) is 1.69. The lowest BCUT2D eigenvalue weighted by molar-refractivity contribution is 0.0692. The van der Waals surface area contributed by atoms with Crippen LogP contribution in [0.5, 0.6) is 0 Å². The number of anilines is 1. The van der Waals surface area contributed by atoms with Crippen molar-refractivity contribution in [2.75, 3.05) is 5.32 Å². The molecule has 0 aliphatic rings. The van der Waals surface area contributed by atoms with Gasteiger partial charge in [0.1, 0.15) is 5.82 Å². The van der Waals surface area contributed by atoms with E-state index in [0.717, 1.165) is 24.1 Å². The van der Waals surface area contributed by atoms with Gasteiger partial charge in [0.25, 0.3) is 5.91 Å². The molecule has 1 amide bonds. The molecule has 1 aromatic carbocycles. The number of nitrogens with zero attached hydrogens (tertiary/aromatic N) is 1. The topological polar surface area (TPSA) is 79.3 Å². The average molecular weight is 298 g/mol. The number of aromatic carboxylic acids is 1. The fourth-order valence-corrected chi connectivity index (χ4v) is 2.21. The third kappa shape index (κ3) is 3.69. The quantitative estimate of drug-likeness (QED) is 0.887. The molecule has 0 bridgehead atoms. The highest BCUT2D eigenvalue weighted by Crippen LogP contribution is 2.16. The Morgan fingerprint density at radius 3 is 2.59 bits per heavy atom. The summed E-state index contributed by atoms with van der Waals surface area (Å²) in [5.41, 5.74) is 1.83. The predicted octanol–water partition coefficient (Wildman–Crippen LogP) is 3.29. The molecule has 0 fully saturated rings. The number of amides is 1. The van der Waals surface area contributed by atoms with Crippen LogP contribution < -0.4 is 5.32 Å². The van der Waals surface area contributed by atoms with Crippen LogP contribution >= 0.6 is 0 Å². The van der Waals surface area contributed by atoms with Gasteiger partial charge in [-0.2, -0.15) is 0 Å². The number of carbonyl (C=O) groups is 2. The molecule has 0 unspecified atom stereocenters. The van der Waals surface area contributed by atoms with Crippen molar-refractivity contribution >= 4 is 17.7 Å². The molecule has 1 aromatic heterocycles. The summed E-state index contributed by atoms with van der Waals surface area (Å²) < 4.78 is 0. The summed E-state index contributed by atoms with van der Waals surface area (Å²) in [6, 6.07) is 10.2. The van der Waals surface area contributed by atoms with Gasteiger partial charge in [0, 0.05) is 5.69 Å². The molecule has 0 saturated heterocycles. The van der Waals surface area contributed by atoms with Gasteiger partial charge in [0.05, 0.1) is 11.1 Å². The van der Waals surface area contributed by atoms with Gasteiger partial charge in [-0.1, -0.05) is 25.5 Å². The highest BCUT2D eigenvalue weighted by molar-refractivity contribution is 6.10. The first-order chi connectivity index (χ1) is 10.5. The fraction of sp³-hybridized carbons (Fsp3) is 0.235. The third-order valence-electron chi connectivity index (χ3n) is 3.23. The Labute approximate surface area is 129 Å². The lowest BCUT2D eigenvalue weighted by Crippen LogP contribution is -2.17. The second-order valence-corrected chi connectivity index (χ2v) is 5.05. The Kier molecular flexibility index (Phi) is 4.88. The molecule has 0 aliphatic heterocycles. The van der Waals surface area contributed by atoms with E-state index in [9.17, 15) is 14.7 Å². The van der Waals surface area contributed by atoms with Gasteiger partial charge < -0.3 is 10.4 Å². The van der Waals surface area contributed by atoms with E-state index >= 15 is 0 Å². The number of hydrogen-bond acceptors (Lipinski definition) is 3. The fourth-order valence-electron chi connectivity index (χ4n) is 2.21. The largest absolute Gasteiger partial charge is 0.478 e. The van der Waals surface area contributed by atoms with Crippen molar-refractivity contribution in [2.24, 2.45) is 0 Å². The van der Waals surface area contributed by atoms with Crippen LogP contribution in [0.15, 0.2) is 36.4 Å². The van der Waals surface area contributed by atoms with Crippen molar-refractivity contribution in [3.63, 3.8) is 0 Å². The van der Waals surface area contributed by atoms with E-state index in [-0.39, 0.29) is 11.1 Å². The molecule has 0 aliphatic carbocycles. The standard InChI is InChI=1S/C17H18N2O3/c1-3-5-12-8-9-13(14(10-12)17(21)22)16(20)19-15-7-4-6-11(2)18-15/h4,6-10H,3,5H2,1-2H3,(H,21,22)(H,18,19,20). The van der Waals surface area contributed by atoms with Gasteiger partial charge in [0.2, 0.25) is 0 Å². The number of pyridine rings is 1. The minimum absolute atomic E-state index is 0.0103. The number of rotatable bonds is 5. The molecule has 22 heavy (non-hydrogen) atoms. The molecular formula is C17H18N2O3. The molecule has 0 radical (unpaired) electrons. The number of carbonyl (C=O) groups excluding carboxylic acids is 1. The summed E-state index contributed by atoms with van der Waals surface area (Å²) in [5.74, 6) is -1.18. The molecule has 0 saturated carbocycles. The molecule has 5 heteroatoms. The first-order valence-corrected chi connectivity index (χ1v) is 7.12. The molecular weight excluding hydrogens is 280 g/mol. The molecule has 2 aromatic rings. The predicted molar refractivity (Wildman–Crippen MR) is 84.3 cm³/mol. The Hall–Kier alpha value is -2.69. The lowest BCUT2D eigenvalue weighted by Gasteiger charge is -2.09. The van der Waals surface area contributed by atoms with E-state index in [4.69, 9.17) is 0 Å². The van der Waals surface area contributed by atoms with Gasteiger partial charge >= 0.3 is 5.97 Å². The number of aryl methyl sites for hydroxylation is 2. The highest BCUT2D eigenvalue weighted by atomic mass is 16.4. The Morgan fingerprint density at radius 2 is 1.95 bits per heavy atom. The first kappa shape index (κ1) is 15.7. The summed E-state index contributed by atoms with van der Waals surface area (Å²) in [6.45, 7) is 3.84. The van der Waals surface area contributed by atoms with Gasteiger partial charge in [-0.15, -0.1) is 0 Å². The SMILES string of the molecule is CCCc1ccc(C(=O)Nc2cccc(C)n2)c(C(=O)O)c1. The van der Waals surface area contributed by atoms with E-state index < -0.39 is 11.9 Å². The van der Waals surface area contributed by atoms with E-state index in [2.05, 4.69) is 10.3 Å². The zero-order valence-electron chi connectivity index (χ0n) is 12.6. The summed E-state index contributed by atoms with van der Waals surface area (Å²) in [4.78, 5) is 27.9. The van der Waals surface area contributed by atoms with Gasteiger partial charge in [-0.25, -0.2) is 9.78 Å². The number of aromatic nitrogens is 1. The molecule has 0 spiro atoms. The van der Waals surface area contributed by atoms with Crippen molar-refractivity contribution in [2.45, 2.75) is 26.7 Å². The maximum absolute atomic E-state index is 12.3. The maximum atomic E-state index is 12.3. The van der Waals surface area contributed by atoms with Crippen molar-refractivity contribution < 1.29 is 14.7 Å². The molecule has 114 valence electrons. The van der Waals surface area contributed by atoms with Crippen LogP contribution in [0.1, 0.15) is 45.3 Å². The van der Waals surface area contributed by atoms with Gasteiger partial charge in [-0.05, 0) is 43.2 Å². The minimum Gasteiger partial charge on any atom is -0.478 e. The molecule has 2 rings (SSSR count). The summed E-state index contributed by atoms with van der Waals surface area (Å²) in [5, 5.41) is 12.0. The number of carboxylic acids is 1. The van der Waals surface area contributed by atoms with E-state index in [0.29, 0.717) is 5.82 Å². The van der Waals surface area contributed by atoms with Gasteiger partial charge in [0.15, 0.2) is 0 Å². The summed E-state index contributed by atoms with van der Waals surface area (Å²) >= 11 is 0. The van der Waals surface area contributed by atoms with Gasteiger partial charge in [-0.3, -0.25) is 4.79 Å². The lowest BCUT2D eigenvalue weighted by atomic mass is 10.0. The van der Waals surface area contributed by atoms with E-state index in [1.54, 1.807) is 30.3 Å². The Morgan fingerprint density at radius 1 is 1.18 bits per heavy atom. The molecule has 5 nitrogen and oxygen atoms in total. The molecule has 1 heterocycles. The third-order valence-corrected chi connectivity index (χ3v) is 3.23. The van der Waals surface area contributed by atoms with Crippen molar-refractivity contribution in [1.82, 2.24) is 4.98 Å². The highest BCUT2D eigenvalue weighted by Gasteiger charge is 2.17. The van der Waals surface area contributed by atoms with Crippen molar-refractivity contribution in [3.05, 3.63) is 58.8 Å². The van der Waals surface area contributed by atoms with Crippen LogP contribution in [-0.2, 0) is 6.42 Å². The number of carboxylic acid groups (broad SMARTS) is 1. The number of nitrogens with one attached hydrogen (secondary N) is 1. The normalized spacial score (nSPS) is 10.3. The minimum atomic E-state index is -1.11.